The number of hydrogen-bond donors (Lipinski definition) is 1. The van der Waals surface area contributed by atoms with Crippen LogP contribution in [0.25, 0.3) is 0 Å². The van der Waals surface area contributed by atoms with Crippen molar-refractivity contribution in [1.29, 1.82) is 0 Å². The molecule has 0 radical (unpaired) electrons. The van der Waals surface area contributed by atoms with Crippen molar-refractivity contribution >= 4 is 0 Å². The summed E-state index contributed by atoms with van der Waals surface area (Å²) in [7, 11) is 0. The van der Waals surface area contributed by atoms with Gasteiger partial charge in [-0.05, 0) is 44.2 Å². The first kappa shape index (κ1) is 10.4. The zero-order valence-electron chi connectivity index (χ0n) is 9.68. The summed E-state index contributed by atoms with van der Waals surface area (Å²) in [5, 5.41) is 3.49. The molecular formula is C12H24N2. The van der Waals surface area contributed by atoms with Crippen molar-refractivity contribution < 1.29 is 0 Å². The first-order chi connectivity index (χ1) is 6.73. The standard InChI is InChI=1S/C12H24N2/c1-3-8-14(11-4-5-11)10-12(2)6-7-13-9-12/h11,13H,3-10H2,1-2H3. The molecule has 2 aliphatic rings. The fourth-order valence-corrected chi connectivity index (χ4v) is 2.61. The van der Waals surface area contributed by atoms with E-state index in [9.17, 15) is 0 Å². The summed E-state index contributed by atoms with van der Waals surface area (Å²) in [6.07, 6.45) is 5.56. The molecule has 1 atom stereocenters. The Bertz CT molecular complexity index is 181. The van der Waals surface area contributed by atoms with Gasteiger partial charge < -0.3 is 5.32 Å². The van der Waals surface area contributed by atoms with Gasteiger partial charge in [-0.25, -0.2) is 0 Å². The van der Waals surface area contributed by atoms with Crippen molar-refractivity contribution in [2.45, 2.75) is 45.6 Å². The van der Waals surface area contributed by atoms with Crippen LogP contribution < -0.4 is 5.32 Å². The zero-order chi connectivity index (χ0) is 10.0. The van der Waals surface area contributed by atoms with Crippen LogP contribution in [0.4, 0.5) is 0 Å². The minimum Gasteiger partial charge on any atom is -0.316 e. The molecule has 0 spiro atoms. The van der Waals surface area contributed by atoms with E-state index in [0.29, 0.717) is 5.41 Å². The quantitative estimate of drug-likeness (QED) is 0.722. The highest BCUT2D eigenvalue weighted by molar-refractivity contribution is 4.92. The first-order valence-electron chi connectivity index (χ1n) is 6.18. The SMILES string of the molecule is CCCN(CC1(C)CCNC1)C1CC1. The van der Waals surface area contributed by atoms with Crippen LogP contribution >= 0.6 is 0 Å². The summed E-state index contributed by atoms with van der Waals surface area (Å²) in [6.45, 7) is 9.81. The van der Waals surface area contributed by atoms with Crippen molar-refractivity contribution in [2.75, 3.05) is 26.2 Å². The lowest BCUT2D eigenvalue weighted by molar-refractivity contribution is 0.170. The lowest BCUT2D eigenvalue weighted by Gasteiger charge is -2.31. The zero-order valence-corrected chi connectivity index (χ0v) is 9.68. The second-order valence-electron chi connectivity index (χ2n) is 5.44. The van der Waals surface area contributed by atoms with E-state index in [1.165, 1.54) is 51.9 Å². The monoisotopic (exact) mass is 196 g/mol. The highest BCUT2D eigenvalue weighted by atomic mass is 15.2. The Morgan fingerprint density at radius 1 is 1.43 bits per heavy atom. The minimum absolute atomic E-state index is 0.553. The molecule has 0 amide bonds. The molecule has 2 rings (SSSR count). The van der Waals surface area contributed by atoms with Gasteiger partial charge in [0, 0.05) is 19.1 Å². The molecule has 1 aliphatic carbocycles. The van der Waals surface area contributed by atoms with Gasteiger partial charge in [0.2, 0.25) is 0 Å². The predicted molar refractivity (Wildman–Crippen MR) is 60.5 cm³/mol. The van der Waals surface area contributed by atoms with Gasteiger partial charge in [0.15, 0.2) is 0 Å². The van der Waals surface area contributed by atoms with Gasteiger partial charge in [-0.2, -0.15) is 0 Å². The molecule has 1 aliphatic heterocycles. The molecule has 0 aromatic rings. The second kappa shape index (κ2) is 4.19. The van der Waals surface area contributed by atoms with E-state index in [2.05, 4.69) is 24.1 Å². The Hall–Kier alpha value is -0.0800. The Balaban J connectivity index is 1.85. The van der Waals surface area contributed by atoms with E-state index in [1.807, 2.05) is 0 Å². The summed E-state index contributed by atoms with van der Waals surface area (Å²) in [4.78, 5) is 2.73. The van der Waals surface area contributed by atoms with E-state index in [-0.39, 0.29) is 0 Å². The summed E-state index contributed by atoms with van der Waals surface area (Å²) < 4.78 is 0. The van der Waals surface area contributed by atoms with Crippen LogP contribution in [0.2, 0.25) is 0 Å². The summed E-state index contributed by atoms with van der Waals surface area (Å²) in [5.74, 6) is 0. The Morgan fingerprint density at radius 2 is 2.21 bits per heavy atom. The average Bonchev–Trinajstić information content (AvgIpc) is 2.91. The largest absolute Gasteiger partial charge is 0.316 e. The van der Waals surface area contributed by atoms with Gasteiger partial charge in [0.1, 0.15) is 0 Å². The topological polar surface area (TPSA) is 15.3 Å². The maximum Gasteiger partial charge on any atom is 0.00966 e. The van der Waals surface area contributed by atoms with Crippen LogP contribution in [0.5, 0.6) is 0 Å². The fraction of sp³-hybridized carbons (Fsp3) is 1.00. The molecule has 2 fully saturated rings. The molecule has 82 valence electrons. The van der Waals surface area contributed by atoms with Crippen LogP contribution in [0.3, 0.4) is 0 Å². The van der Waals surface area contributed by atoms with Crippen molar-refractivity contribution in [1.82, 2.24) is 10.2 Å². The third kappa shape index (κ3) is 2.48. The van der Waals surface area contributed by atoms with Gasteiger partial charge in [0.25, 0.3) is 0 Å². The highest BCUT2D eigenvalue weighted by Crippen LogP contribution is 2.32. The summed E-state index contributed by atoms with van der Waals surface area (Å²) in [6, 6.07) is 0.937. The minimum atomic E-state index is 0.553. The molecular weight excluding hydrogens is 172 g/mol. The van der Waals surface area contributed by atoms with Crippen molar-refractivity contribution in [3.63, 3.8) is 0 Å². The van der Waals surface area contributed by atoms with Gasteiger partial charge in [-0.15, -0.1) is 0 Å². The summed E-state index contributed by atoms with van der Waals surface area (Å²) in [5.41, 5.74) is 0.553. The molecule has 1 unspecified atom stereocenters. The van der Waals surface area contributed by atoms with Crippen LogP contribution in [0, 0.1) is 5.41 Å². The van der Waals surface area contributed by atoms with Crippen LogP contribution in [-0.4, -0.2) is 37.1 Å². The fourth-order valence-electron chi connectivity index (χ4n) is 2.61. The Morgan fingerprint density at radius 3 is 2.71 bits per heavy atom. The predicted octanol–water partition coefficient (Wildman–Crippen LogP) is 1.86. The molecule has 0 bridgehead atoms. The van der Waals surface area contributed by atoms with Crippen molar-refractivity contribution in [2.24, 2.45) is 5.41 Å². The van der Waals surface area contributed by atoms with Gasteiger partial charge in [0.05, 0.1) is 0 Å². The highest BCUT2D eigenvalue weighted by Gasteiger charge is 2.35. The summed E-state index contributed by atoms with van der Waals surface area (Å²) >= 11 is 0. The third-order valence-electron chi connectivity index (χ3n) is 3.62. The Kier molecular flexibility index (Phi) is 3.13. The Labute approximate surface area is 88.1 Å². The van der Waals surface area contributed by atoms with E-state index in [4.69, 9.17) is 0 Å². The smallest absolute Gasteiger partial charge is 0.00966 e. The number of rotatable bonds is 5. The molecule has 14 heavy (non-hydrogen) atoms. The molecule has 1 N–H and O–H groups in total. The van der Waals surface area contributed by atoms with Crippen LogP contribution in [0.1, 0.15) is 39.5 Å². The average molecular weight is 196 g/mol. The van der Waals surface area contributed by atoms with Crippen molar-refractivity contribution in [3.05, 3.63) is 0 Å². The number of nitrogens with one attached hydrogen (secondary N) is 1. The normalized spacial score (nSPS) is 32.8. The molecule has 1 saturated carbocycles. The maximum absolute atomic E-state index is 3.49. The van der Waals surface area contributed by atoms with Crippen molar-refractivity contribution in [3.8, 4) is 0 Å². The molecule has 2 heteroatoms. The first-order valence-corrected chi connectivity index (χ1v) is 6.18. The molecule has 1 heterocycles. The number of nitrogens with zero attached hydrogens (tertiary/aromatic N) is 1. The third-order valence-corrected chi connectivity index (χ3v) is 3.62. The van der Waals surface area contributed by atoms with Crippen LogP contribution in [-0.2, 0) is 0 Å². The van der Waals surface area contributed by atoms with E-state index >= 15 is 0 Å². The van der Waals surface area contributed by atoms with E-state index < -0.39 is 0 Å². The second-order valence-corrected chi connectivity index (χ2v) is 5.44. The number of hydrogen-bond acceptors (Lipinski definition) is 2. The van der Waals surface area contributed by atoms with Gasteiger partial charge >= 0.3 is 0 Å². The molecule has 0 aromatic carbocycles. The maximum atomic E-state index is 3.49. The van der Waals surface area contributed by atoms with E-state index in [1.54, 1.807) is 0 Å². The molecule has 0 aromatic heterocycles. The van der Waals surface area contributed by atoms with Gasteiger partial charge in [-0.1, -0.05) is 13.8 Å². The van der Waals surface area contributed by atoms with E-state index in [0.717, 1.165) is 6.04 Å². The molecule has 2 nitrogen and oxygen atoms in total. The lowest BCUT2D eigenvalue weighted by Crippen LogP contribution is -2.39. The van der Waals surface area contributed by atoms with Crippen LogP contribution in [0.15, 0.2) is 0 Å². The van der Waals surface area contributed by atoms with Gasteiger partial charge in [-0.3, -0.25) is 4.90 Å². The molecule has 1 saturated heterocycles. The lowest BCUT2D eigenvalue weighted by atomic mass is 9.89.